The van der Waals surface area contributed by atoms with Crippen molar-refractivity contribution in [2.24, 2.45) is 0 Å². The van der Waals surface area contributed by atoms with Gasteiger partial charge in [-0.3, -0.25) is 0 Å². The summed E-state index contributed by atoms with van der Waals surface area (Å²) in [5.74, 6) is 0. The van der Waals surface area contributed by atoms with Crippen LogP contribution in [0.25, 0.3) is 104 Å². The second-order valence-corrected chi connectivity index (χ2v) is 17.6. The molecule has 0 saturated carbocycles. The molecule has 232 valence electrons. The number of benzene rings is 9. The van der Waals surface area contributed by atoms with Crippen molar-refractivity contribution in [2.75, 3.05) is 0 Å². The molecule has 0 unspecified atom stereocenters. The van der Waals surface area contributed by atoms with Gasteiger partial charge in [-0.25, -0.2) is 0 Å². The van der Waals surface area contributed by atoms with E-state index in [-0.39, 0.29) is 29.0 Å². The fourth-order valence-corrected chi connectivity index (χ4v) is 13.5. The molecule has 0 amide bonds. The van der Waals surface area contributed by atoms with Crippen LogP contribution in [0, 0.1) is 0 Å². The Morgan fingerprint density at radius 2 is 0.660 bits per heavy atom. The summed E-state index contributed by atoms with van der Waals surface area (Å²) in [7, 11) is 0. The van der Waals surface area contributed by atoms with E-state index in [1.807, 2.05) is 0 Å². The van der Waals surface area contributed by atoms with Gasteiger partial charge in [0.15, 0.2) is 0 Å². The summed E-state index contributed by atoms with van der Waals surface area (Å²) < 4.78 is 5.95. The summed E-state index contributed by atoms with van der Waals surface area (Å²) in [5, 5.41) is 13.4. The molecule has 2 aromatic heterocycles. The molecule has 9 aromatic carbocycles. The molecule has 0 saturated heterocycles. The minimum atomic E-state index is 0.257. The fourth-order valence-electron chi connectivity index (χ4n) is 8.29. The quantitative estimate of drug-likeness (QED) is 0.124. The zero-order valence-corrected chi connectivity index (χ0v) is 30.4. The molecule has 0 nitrogen and oxygen atoms in total. The van der Waals surface area contributed by atoms with E-state index in [1.165, 1.54) is 104 Å². The SMILES string of the molecule is c1ccc2c(-c3c4cccc(-c5cccc6c5[se]c5ccccc56)c4cc4c(-c5cccc6c5[se]c5ccccc56)cccc34)cccc2c1. The third kappa shape index (κ3) is 4.18. The van der Waals surface area contributed by atoms with Gasteiger partial charge in [0.05, 0.1) is 0 Å². The Bertz CT molecular complexity index is 2980. The molecule has 0 bridgehead atoms. The first-order valence-corrected chi connectivity index (χ1v) is 20.5. The number of fused-ring (bicyclic) bond motifs is 9. The molecule has 0 N–H and O–H groups in total. The van der Waals surface area contributed by atoms with Gasteiger partial charge in [0, 0.05) is 0 Å². The number of hydrogen-bond donors (Lipinski definition) is 0. The Morgan fingerprint density at radius 3 is 1.24 bits per heavy atom. The molecule has 0 fully saturated rings. The molecule has 0 atom stereocenters. The normalized spacial score (nSPS) is 12.0. The van der Waals surface area contributed by atoms with Crippen LogP contribution in [-0.4, -0.2) is 29.0 Å². The molecule has 0 aliphatic carbocycles. The van der Waals surface area contributed by atoms with Gasteiger partial charge in [-0.2, -0.15) is 0 Å². The summed E-state index contributed by atoms with van der Waals surface area (Å²) in [6.45, 7) is 0. The average Bonchev–Trinajstić information content (AvgIpc) is 3.75. The third-order valence-electron chi connectivity index (χ3n) is 10.5. The summed E-state index contributed by atoms with van der Waals surface area (Å²) in [6, 6.07) is 64.0. The summed E-state index contributed by atoms with van der Waals surface area (Å²) in [5.41, 5.74) is 7.98. The standard InChI is InChI=1S/C48H28Se2/c1-2-14-30-29(12-1)13-7-19-35(30)46-36-20-8-17-31(38-22-10-24-40-33-15-3-5-26-44(33)49-47(38)40)42(36)28-43-32(18-9-21-37(43)46)39-23-11-25-41-34-16-4-6-27-45(34)50-48(39)41/h1-28H. The van der Waals surface area contributed by atoms with Gasteiger partial charge >= 0.3 is 303 Å². The van der Waals surface area contributed by atoms with Crippen molar-refractivity contribution in [3.63, 3.8) is 0 Å². The third-order valence-corrected chi connectivity index (χ3v) is 15.6. The van der Waals surface area contributed by atoms with Crippen LogP contribution in [-0.2, 0) is 0 Å². The van der Waals surface area contributed by atoms with Crippen molar-refractivity contribution >= 4 is 99.9 Å². The van der Waals surface area contributed by atoms with Gasteiger partial charge in [0.25, 0.3) is 0 Å². The molecule has 50 heavy (non-hydrogen) atoms. The van der Waals surface area contributed by atoms with E-state index in [9.17, 15) is 0 Å². The Kier molecular flexibility index (Phi) is 6.39. The van der Waals surface area contributed by atoms with Crippen LogP contribution in [0.5, 0.6) is 0 Å². The zero-order valence-electron chi connectivity index (χ0n) is 27.0. The van der Waals surface area contributed by atoms with Crippen molar-refractivity contribution in [1.82, 2.24) is 0 Å². The molecule has 0 aliphatic heterocycles. The van der Waals surface area contributed by atoms with Crippen LogP contribution in [0.15, 0.2) is 170 Å². The maximum absolute atomic E-state index is 2.52. The van der Waals surface area contributed by atoms with Gasteiger partial charge in [0.1, 0.15) is 0 Å². The van der Waals surface area contributed by atoms with Gasteiger partial charge in [-0.1, -0.05) is 0 Å². The van der Waals surface area contributed by atoms with E-state index >= 15 is 0 Å². The van der Waals surface area contributed by atoms with E-state index in [1.54, 1.807) is 0 Å². The fraction of sp³-hybridized carbons (Fsp3) is 0. The molecular weight excluding hydrogens is 734 g/mol. The van der Waals surface area contributed by atoms with Crippen LogP contribution < -0.4 is 0 Å². The second kappa shape index (κ2) is 11.2. The molecule has 2 heterocycles. The maximum atomic E-state index is 2.52. The van der Waals surface area contributed by atoms with Crippen molar-refractivity contribution < 1.29 is 0 Å². The van der Waals surface area contributed by atoms with Crippen molar-refractivity contribution in [3.8, 4) is 33.4 Å². The van der Waals surface area contributed by atoms with Gasteiger partial charge in [-0.05, 0) is 0 Å². The van der Waals surface area contributed by atoms with Gasteiger partial charge in [0.2, 0.25) is 0 Å². The predicted octanol–water partition coefficient (Wildman–Crippen LogP) is 12.9. The number of hydrogen-bond acceptors (Lipinski definition) is 0. The van der Waals surface area contributed by atoms with Crippen LogP contribution in [0.2, 0.25) is 0 Å². The minimum absolute atomic E-state index is 0.257. The van der Waals surface area contributed by atoms with Crippen molar-refractivity contribution in [2.45, 2.75) is 0 Å². The molecule has 0 aliphatic rings. The van der Waals surface area contributed by atoms with E-state index < -0.39 is 0 Å². The summed E-state index contributed by atoms with van der Waals surface area (Å²) >= 11 is 0.514. The number of rotatable bonds is 3. The average molecular weight is 763 g/mol. The molecular formula is C48H28Se2. The Hall–Kier alpha value is -5.20. The van der Waals surface area contributed by atoms with Crippen molar-refractivity contribution in [3.05, 3.63) is 170 Å². The van der Waals surface area contributed by atoms with E-state index in [0.29, 0.717) is 0 Å². The molecule has 2 heteroatoms. The Labute approximate surface area is 301 Å². The first-order chi connectivity index (χ1) is 24.8. The Balaban J connectivity index is 1.30. The Morgan fingerprint density at radius 1 is 0.260 bits per heavy atom. The zero-order chi connectivity index (χ0) is 32.8. The summed E-state index contributed by atoms with van der Waals surface area (Å²) in [4.78, 5) is 0. The van der Waals surface area contributed by atoms with Gasteiger partial charge in [-0.15, -0.1) is 0 Å². The van der Waals surface area contributed by atoms with E-state index in [2.05, 4.69) is 170 Å². The summed E-state index contributed by atoms with van der Waals surface area (Å²) in [6.07, 6.45) is 0. The first kappa shape index (κ1) is 28.6. The van der Waals surface area contributed by atoms with Gasteiger partial charge < -0.3 is 0 Å². The van der Waals surface area contributed by atoms with Crippen LogP contribution >= 0.6 is 0 Å². The molecule has 0 spiro atoms. The van der Waals surface area contributed by atoms with Crippen molar-refractivity contribution in [1.29, 1.82) is 0 Å². The molecule has 0 radical (unpaired) electrons. The molecule has 11 rings (SSSR count). The van der Waals surface area contributed by atoms with Crippen LogP contribution in [0.4, 0.5) is 0 Å². The monoisotopic (exact) mass is 764 g/mol. The van der Waals surface area contributed by atoms with E-state index in [0.717, 1.165) is 0 Å². The van der Waals surface area contributed by atoms with Crippen LogP contribution in [0.3, 0.4) is 0 Å². The predicted molar refractivity (Wildman–Crippen MR) is 219 cm³/mol. The first-order valence-electron chi connectivity index (χ1n) is 17.1. The van der Waals surface area contributed by atoms with E-state index in [4.69, 9.17) is 0 Å². The van der Waals surface area contributed by atoms with Crippen LogP contribution in [0.1, 0.15) is 0 Å². The molecule has 11 aromatic rings. The second-order valence-electron chi connectivity index (χ2n) is 13.1. The topological polar surface area (TPSA) is 0 Å².